The minimum atomic E-state index is -3.94. The summed E-state index contributed by atoms with van der Waals surface area (Å²) in [4.78, 5) is 14.4. The minimum absolute atomic E-state index is 0.0491. The molecule has 1 amide bonds. The highest BCUT2D eigenvalue weighted by Gasteiger charge is 2.20. The summed E-state index contributed by atoms with van der Waals surface area (Å²) in [6, 6.07) is 17.5. The number of amides is 1. The van der Waals surface area contributed by atoms with Crippen molar-refractivity contribution in [3.63, 3.8) is 0 Å². The smallest absolute Gasteiger partial charge is 0.261 e. The molecule has 0 atom stereocenters. The van der Waals surface area contributed by atoms with Crippen LogP contribution < -0.4 is 9.46 Å². The molecule has 0 radical (unpaired) electrons. The highest BCUT2D eigenvalue weighted by atomic mass is 35.5. The fourth-order valence-electron chi connectivity index (χ4n) is 2.96. The molecule has 0 aliphatic carbocycles. The predicted molar refractivity (Wildman–Crippen MR) is 123 cm³/mol. The quantitative estimate of drug-likeness (QED) is 0.513. The normalized spacial score (nSPS) is 11.1. The fraction of sp³-hybridized carbons (Fsp3) is 0.136. The van der Waals surface area contributed by atoms with E-state index in [1.54, 1.807) is 55.6 Å². The molecule has 3 rings (SSSR count). The number of anilines is 1. The van der Waals surface area contributed by atoms with Crippen molar-refractivity contribution in [2.45, 2.75) is 11.4 Å². The lowest BCUT2D eigenvalue weighted by Crippen LogP contribution is -2.26. The van der Waals surface area contributed by atoms with Crippen molar-refractivity contribution in [3.05, 3.63) is 87.9 Å². The van der Waals surface area contributed by atoms with Gasteiger partial charge in [0.2, 0.25) is 0 Å². The Kier molecular flexibility index (Phi) is 7.10. The molecule has 162 valence electrons. The number of hydrogen-bond acceptors (Lipinski definition) is 4. The summed E-state index contributed by atoms with van der Waals surface area (Å²) in [5.74, 6) is 0.251. The Balaban J connectivity index is 1.83. The summed E-state index contributed by atoms with van der Waals surface area (Å²) in [7, 11) is -0.782. The van der Waals surface area contributed by atoms with E-state index in [9.17, 15) is 13.2 Å². The first-order valence-electron chi connectivity index (χ1n) is 9.16. The molecule has 0 aliphatic heterocycles. The van der Waals surface area contributed by atoms with Crippen LogP contribution in [0.25, 0.3) is 0 Å². The lowest BCUT2D eigenvalue weighted by molar-refractivity contribution is 0.0784. The second-order valence-electron chi connectivity index (χ2n) is 6.73. The van der Waals surface area contributed by atoms with Gasteiger partial charge in [-0.1, -0.05) is 41.4 Å². The van der Waals surface area contributed by atoms with E-state index in [4.69, 9.17) is 27.9 Å². The zero-order chi connectivity index (χ0) is 22.6. The van der Waals surface area contributed by atoms with Crippen molar-refractivity contribution in [2.24, 2.45) is 0 Å². The lowest BCUT2D eigenvalue weighted by atomic mass is 10.1. The van der Waals surface area contributed by atoms with Gasteiger partial charge in [-0.15, -0.1) is 0 Å². The van der Waals surface area contributed by atoms with Crippen molar-refractivity contribution in [1.82, 2.24) is 4.90 Å². The summed E-state index contributed by atoms with van der Waals surface area (Å²) >= 11 is 12.1. The molecule has 0 spiro atoms. The van der Waals surface area contributed by atoms with Gasteiger partial charge in [0.25, 0.3) is 15.9 Å². The third-order valence-corrected chi connectivity index (χ3v) is 6.43. The van der Waals surface area contributed by atoms with Gasteiger partial charge in [0.1, 0.15) is 5.75 Å². The van der Waals surface area contributed by atoms with E-state index in [0.717, 1.165) is 5.56 Å². The third-order valence-electron chi connectivity index (χ3n) is 4.51. The molecule has 6 nitrogen and oxygen atoms in total. The first kappa shape index (κ1) is 22.9. The minimum Gasteiger partial charge on any atom is -0.496 e. The van der Waals surface area contributed by atoms with Gasteiger partial charge in [-0.05, 0) is 48.5 Å². The van der Waals surface area contributed by atoms with Gasteiger partial charge in [-0.3, -0.25) is 9.52 Å². The van der Waals surface area contributed by atoms with Crippen LogP contribution in [-0.4, -0.2) is 33.4 Å². The van der Waals surface area contributed by atoms with Crippen LogP contribution in [0.15, 0.2) is 71.6 Å². The molecule has 3 aromatic rings. The molecule has 0 aliphatic rings. The second kappa shape index (κ2) is 9.60. The molecule has 1 N–H and O–H groups in total. The monoisotopic (exact) mass is 478 g/mol. The van der Waals surface area contributed by atoms with Gasteiger partial charge in [0.05, 0.1) is 22.7 Å². The Morgan fingerprint density at radius 2 is 1.77 bits per heavy atom. The lowest BCUT2D eigenvalue weighted by Gasteiger charge is -2.19. The van der Waals surface area contributed by atoms with E-state index in [2.05, 4.69) is 4.72 Å². The number of carbonyl (C=O) groups excluding carboxylic acids is 1. The maximum Gasteiger partial charge on any atom is 0.261 e. The molecule has 0 fully saturated rings. The van der Waals surface area contributed by atoms with Gasteiger partial charge < -0.3 is 9.64 Å². The zero-order valence-electron chi connectivity index (χ0n) is 16.8. The maximum atomic E-state index is 12.9. The second-order valence-corrected chi connectivity index (χ2v) is 9.26. The molecular weight excluding hydrogens is 459 g/mol. The SMILES string of the molecule is COc1ccc(Cl)cc1CN(C)C(=O)c1cccc(S(=O)(=O)Nc2ccccc2Cl)c1. The molecule has 0 bridgehead atoms. The van der Waals surface area contributed by atoms with Crippen molar-refractivity contribution < 1.29 is 17.9 Å². The topological polar surface area (TPSA) is 75.7 Å². The zero-order valence-corrected chi connectivity index (χ0v) is 19.1. The molecule has 0 saturated heterocycles. The molecule has 3 aromatic carbocycles. The predicted octanol–water partition coefficient (Wildman–Crippen LogP) is 5.08. The molecule has 0 aromatic heterocycles. The summed E-state index contributed by atoms with van der Waals surface area (Å²) < 4.78 is 33.3. The van der Waals surface area contributed by atoms with Crippen LogP contribution in [0.1, 0.15) is 15.9 Å². The van der Waals surface area contributed by atoms with Crippen LogP contribution in [0.4, 0.5) is 5.69 Å². The molecular formula is C22H20Cl2N2O4S. The van der Waals surface area contributed by atoms with Crippen LogP contribution in [0.2, 0.25) is 10.0 Å². The van der Waals surface area contributed by atoms with Gasteiger partial charge >= 0.3 is 0 Å². The van der Waals surface area contributed by atoms with Gasteiger partial charge in [0.15, 0.2) is 0 Å². The summed E-state index contributed by atoms with van der Waals surface area (Å²) in [6.07, 6.45) is 0. The number of hydrogen-bond donors (Lipinski definition) is 1. The van der Waals surface area contributed by atoms with E-state index < -0.39 is 10.0 Å². The number of nitrogens with one attached hydrogen (secondary N) is 1. The first-order valence-corrected chi connectivity index (χ1v) is 11.4. The van der Waals surface area contributed by atoms with Crippen LogP contribution in [0, 0.1) is 0 Å². The van der Waals surface area contributed by atoms with Gasteiger partial charge in [0, 0.05) is 29.7 Å². The third kappa shape index (κ3) is 5.50. The van der Waals surface area contributed by atoms with E-state index in [0.29, 0.717) is 10.8 Å². The Bertz CT molecular complexity index is 1220. The Morgan fingerprint density at radius 1 is 1.03 bits per heavy atom. The van der Waals surface area contributed by atoms with Crippen molar-refractivity contribution in [2.75, 3.05) is 18.9 Å². The number of ether oxygens (including phenoxy) is 1. The van der Waals surface area contributed by atoms with Crippen LogP contribution in [-0.2, 0) is 16.6 Å². The van der Waals surface area contributed by atoms with Crippen LogP contribution in [0.3, 0.4) is 0 Å². The molecule has 31 heavy (non-hydrogen) atoms. The number of para-hydroxylation sites is 1. The Morgan fingerprint density at radius 3 is 2.48 bits per heavy atom. The van der Waals surface area contributed by atoms with E-state index in [1.807, 2.05) is 0 Å². The fourth-order valence-corrected chi connectivity index (χ4v) is 4.52. The van der Waals surface area contributed by atoms with E-state index in [-0.39, 0.29) is 33.6 Å². The van der Waals surface area contributed by atoms with Crippen LogP contribution in [0.5, 0.6) is 5.75 Å². The Hall–Kier alpha value is -2.74. The van der Waals surface area contributed by atoms with Crippen molar-refractivity contribution in [1.29, 1.82) is 0 Å². The van der Waals surface area contributed by atoms with Gasteiger partial charge in [-0.2, -0.15) is 0 Å². The molecule has 0 heterocycles. The first-order chi connectivity index (χ1) is 14.7. The molecule has 9 heteroatoms. The number of methoxy groups -OCH3 is 1. The number of rotatable bonds is 7. The van der Waals surface area contributed by atoms with E-state index >= 15 is 0 Å². The molecule has 0 unspecified atom stereocenters. The standard InChI is InChI=1S/C22H20Cl2N2O4S/c1-26(14-16-12-17(23)10-11-21(16)30-2)22(27)15-6-5-7-18(13-15)31(28,29)25-20-9-4-3-8-19(20)24/h3-13,25H,14H2,1-2H3. The summed E-state index contributed by atoms with van der Waals surface area (Å²) in [6.45, 7) is 0.234. The summed E-state index contributed by atoms with van der Waals surface area (Å²) in [5.41, 5.74) is 1.21. The van der Waals surface area contributed by atoms with Crippen molar-refractivity contribution >= 4 is 44.8 Å². The van der Waals surface area contributed by atoms with Gasteiger partial charge in [-0.25, -0.2) is 8.42 Å². The van der Waals surface area contributed by atoms with Crippen LogP contribution >= 0.6 is 23.2 Å². The maximum absolute atomic E-state index is 12.9. The summed E-state index contributed by atoms with van der Waals surface area (Å²) in [5, 5.41) is 0.795. The highest BCUT2D eigenvalue weighted by molar-refractivity contribution is 7.92. The molecule has 0 saturated carbocycles. The number of benzene rings is 3. The van der Waals surface area contributed by atoms with E-state index in [1.165, 1.54) is 30.2 Å². The number of sulfonamides is 1. The average Bonchev–Trinajstić information content (AvgIpc) is 2.75. The van der Waals surface area contributed by atoms with Crippen molar-refractivity contribution in [3.8, 4) is 5.75 Å². The number of halogens is 2. The average molecular weight is 479 g/mol. The largest absolute Gasteiger partial charge is 0.496 e. The number of nitrogens with zero attached hydrogens (tertiary/aromatic N) is 1. The number of carbonyl (C=O) groups is 1. The Labute approximate surface area is 191 Å². The highest BCUT2D eigenvalue weighted by Crippen LogP contribution is 2.26.